The van der Waals surface area contributed by atoms with Crippen LogP contribution in [0.25, 0.3) is 0 Å². The summed E-state index contributed by atoms with van der Waals surface area (Å²) in [5.41, 5.74) is 0. The molecule has 13 heteroatoms. The molecular formula is C20H28O8S4Zr. The molecule has 184 valence electrons. The average molecular weight is 616 g/mol. The van der Waals surface area contributed by atoms with Gasteiger partial charge in [-0.2, -0.15) is 0 Å². The zero-order chi connectivity index (χ0) is 25.6. The molecule has 8 nitrogen and oxygen atoms in total. The average Bonchev–Trinajstić information content (AvgIpc) is 2.83. The number of ether oxygens (including phenoxy) is 4. The third kappa shape index (κ3) is 49.4. The van der Waals surface area contributed by atoms with Gasteiger partial charge in [-0.15, -0.1) is 23.0 Å². The molecule has 0 spiro atoms. The van der Waals surface area contributed by atoms with Gasteiger partial charge in [0.2, 0.25) is 0 Å². The van der Waals surface area contributed by atoms with E-state index >= 15 is 0 Å². The van der Waals surface area contributed by atoms with E-state index in [0.717, 1.165) is 24.3 Å². The first-order valence-electron chi connectivity index (χ1n) is 8.73. The minimum absolute atomic E-state index is 0. The number of carbonyl (C=O) groups is 4. The van der Waals surface area contributed by atoms with Crippen LogP contribution in [0.15, 0.2) is 50.6 Å². The smallest absolute Gasteiger partial charge is 0.789 e. The second-order valence-corrected chi connectivity index (χ2v) is 5.94. The first-order chi connectivity index (χ1) is 15.2. The molecule has 0 heterocycles. The largest absolute Gasteiger partial charge is 4.00 e. The Morgan fingerprint density at radius 1 is 0.485 bits per heavy atom. The fourth-order valence-corrected chi connectivity index (χ4v) is 1.14. The molecule has 0 aromatic rings. The van der Waals surface area contributed by atoms with Crippen LogP contribution in [0.3, 0.4) is 0 Å². The Bertz CT molecular complexity index is 464. The predicted molar refractivity (Wildman–Crippen MR) is 134 cm³/mol. The van der Waals surface area contributed by atoms with Gasteiger partial charge in [-0.05, 0) is 0 Å². The van der Waals surface area contributed by atoms with Crippen molar-refractivity contribution in [2.45, 2.75) is 0 Å². The third-order valence-corrected chi connectivity index (χ3v) is 2.64. The number of esters is 4. The summed E-state index contributed by atoms with van der Waals surface area (Å²) in [6.07, 6.45) is 4.46. The molecule has 0 atom stereocenters. The molecular weight excluding hydrogens is 588 g/mol. The van der Waals surface area contributed by atoms with Gasteiger partial charge in [0.25, 0.3) is 0 Å². The van der Waals surface area contributed by atoms with E-state index in [1.54, 1.807) is 0 Å². The van der Waals surface area contributed by atoms with Gasteiger partial charge in [-0.3, -0.25) is 0 Å². The van der Waals surface area contributed by atoms with Crippen molar-refractivity contribution < 1.29 is 64.3 Å². The number of carbonyl (C=O) groups excluding carboxylic acids is 4. The molecule has 0 N–H and O–H groups in total. The van der Waals surface area contributed by atoms with Crippen molar-refractivity contribution in [3.63, 3.8) is 0 Å². The molecule has 0 bridgehead atoms. The quantitative estimate of drug-likeness (QED) is 0.136. The Labute approximate surface area is 237 Å². The van der Waals surface area contributed by atoms with Gasteiger partial charge >= 0.3 is 50.1 Å². The summed E-state index contributed by atoms with van der Waals surface area (Å²) in [6.45, 7) is 14.0. The summed E-state index contributed by atoms with van der Waals surface area (Å²) >= 11 is 18.0. The summed E-state index contributed by atoms with van der Waals surface area (Å²) < 4.78 is 17.9. The van der Waals surface area contributed by atoms with Crippen molar-refractivity contribution in [3.8, 4) is 0 Å². The van der Waals surface area contributed by atoms with Gasteiger partial charge in [0, 0.05) is 24.3 Å². The van der Waals surface area contributed by atoms with Crippen molar-refractivity contribution in [1.82, 2.24) is 0 Å². The van der Waals surface area contributed by atoms with Crippen molar-refractivity contribution in [2.24, 2.45) is 0 Å². The van der Waals surface area contributed by atoms with E-state index in [4.69, 9.17) is 0 Å². The van der Waals surface area contributed by atoms with E-state index < -0.39 is 23.9 Å². The van der Waals surface area contributed by atoms with Gasteiger partial charge < -0.3 is 69.5 Å². The summed E-state index contributed by atoms with van der Waals surface area (Å²) in [6, 6.07) is 0. The number of hydrogen-bond acceptors (Lipinski definition) is 12. The Hall–Kier alpha value is -0.877. The van der Waals surface area contributed by atoms with Crippen molar-refractivity contribution in [1.29, 1.82) is 0 Å². The predicted octanol–water partition coefficient (Wildman–Crippen LogP) is 1.05. The van der Waals surface area contributed by atoms with Crippen LogP contribution in [0.1, 0.15) is 0 Å². The molecule has 0 aliphatic heterocycles. The van der Waals surface area contributed by atoms with E-state index in [1.165, 1.54) is 0 Å². The fourth-order valence-electron chi connectivity index (χ4n) is 0.805. The summed E-state index contributed by atoms with van der Waals surface area (Å²) in [5.74, 6) is 0.146. The Balaban J connectivity index is -0.000000105. The fraction of sp³-hybridized carbons (Fsp3) is 0.400. The zero-order valence-corrected chi connectivity index (χ0v) is 23.9. The van der Waals surface area contributed by atoms with E-state index in [2.05, 4.69) is 95.8 Å². The maximum absolute atomic E-state index is 10.2. The molecule has 0 saturated heterocycles. The van der Waals surface area contributed by atoms with Crippen LogP contribution < -0.4 is 0 Å². The minimum Gasteiger partial charge on any atom is -0.789 e. The van der Waals surface area contributed by atoms with Gasteiger partial charge in [-0.25, -0.2) is 19.2 Å². The molecule has 0 fully saturated rings. The van der Waals surface area contributed by atoms with Crippen LogP contribution in [-0.4, -0.2) is 73.3 Å². The van der Waals surface area contributed by atoms with Crippen molar-refractivity contribution >= 4 is 74.4 Å². The minimum atomic E-state index is -0.408. The first kappa shape index (κ1) is 42.3. The van der Waals surface area contributed by atoms with Crippen LogP contribution in [0.2, 0.25) is 0 Å². The Morgan fingerprint density at radius 2 is 0.636 bits per heavy atom. The van der Waals surface area contributed by atoms with E-state index in [-0.39, 0.29) is 26.2 Å². The van der Waals surface area contributed by atoms with Crippen LogP contribution in [0.5, 0.6) is 0 Å². The molecule has 33 heavy (non-hydrogen) atoms. The Morgan fingerprint density at radius 3 is 0.727 bits per heavy atom. The third-order valence-electron chi connectivity index (χ3n) is 1.98. The standard InChI is InChI=1S/4C5H8O2S.Zr/c4*1-2-5(6)7-3-4-8;/h4*2,8H,1,3-4H2;/q;;;;+4/p-4. The molecule has 0 aromatic heterocycles. The van der Waals surface area contributed by atoms with Gasteiger partial charge in [0.15, 0.2) is 0 Å². The van der Waals surface area contributed by atoms with E-state index in [9.17, 15) is 19.2 Å². The molecule has 0 saturated carbocycles. The summed E-state index contributed by atoms with van der Waals surface area (Å²) in [7, 11) is 0. The second-order valence-electron chi connectivity index (χ2n) is 4.30. The van der Waals surface area contributed by atoms with Crippen molar-refractivity contribution in [3.05, 3.63) is 50.6 Å². The first-order valence-corrected chi connectivity index (χ1v) is 11.0. The molecule has 0 aliphatic rings. The van der Waals surface area contributed by atoms with Gasteiger partial charge in [0.1, 0.15) is 0 Å². The monoisotopic (exact) mass is 614 g/mol. The van der Waals surface area contributed by atoms with E-state index in [0.29, 0.717) is 49.4 Å². The van der Waals surface area contributed by atoms with Crippen LogP contribution in [0, 0.1) is 0 Å². The topological polar surface area (TPSA) is 105 Å². The summed E-state index contributed by atoms with van der Waals surface area (Å²) in [5, 5.41) is 0. The molecule has 0 radical (unpaired) electrons. The number of hydrogen-bond donors (Lipinski definition) is 0. The van der Waals surface area contributed by atoms with Crippen LogP contribution in [-0.2, 0) is 115 Å². The van der Waals surface area contributed by atoms with E-state index in [1.807, 2.05) is 0 Å². The zero-order valence-electron chi connectivity index (χ0n) is 18.2. The summed E-state index contributed by atoms with van der Waals surface area (Å²) in [4.78, 5) is 40.7. The molecule has 0 unspecified atom stereocenters. The van der Waals surface area contributed by atoms with Gasteiger partial charge in [-0.1, -0.05) is 26.3 Å². The maximum atomic E-state index is 10.2. The molecule has 0 rings (SSSR count). The second kappa shape index (κ2) is 38.4. The van der Waals surface area contributed by atoms with Crippen LogP contribution >= 0.6 is 0 Å². The molecule has 0 aliphatic carbocycles. The molecule has 0 aromatic carbocycles. The van der Waals surface area contributed by atoms with Gasteiger partial charge in [0.05, 0.1) is 26.4 Å². The van der Waals surface area contributed by atoms with Crippen molar-refractivity contribution in [2.75, 3.05) is 49.4 Å². The Kier molecular flexibility index (Phi) is 49.2. The van der Waals surface area contributed by atoms with Crippen LogP contribution in [0.4, 0.5) is 0 Å². The molecule has 0 amide bonds. The maximum Gasteiger partial charge on any atom is 4.00 e. The normalized spacial score (nSPS) is 7.88. The number of rotatable bonds is 12. The SMILES string of the molecule is C=CC(=O)OCC[S-].C=CC(=O)OCC[S-].C=CC(=O)OCC[S-].C=CC(=O)OCC[S-].[Zr+4].